The normalized spacial score (nSPS) is 21.3. The quantitative estimate of drug-likeness (QED) is 0.0355. The number of fused-ring (bicyclic) bond motifs is 1. The van der Waals surface area contributed by atoms with Gasteiger partial charge >= 0.3 is 23.5 Å². The molecule has 66 heavy (non-hydrogen) atoms. The van der Waals surface area contributed by atoms with Crippen LogP contribution in [0.3, 0.4) is 0 Å². The first kappa shape index (κ1) is 57.9. The van der Waals surface area contributed by atoms with Crippen LogP contribution in [0.1, 0.15) is 124 Å². The number of nitrogens with two attached hydrogens (primary N) is 1. The van der Waals surface area contributed by atoms with Gasteiger partial charge in [0.2, 0.25) is 11.8 Å². The summed E-state index contributed by atoms with van der Waals surface area (Å²) < 4.78 is 63.0. The number of nitrogen functional groups attached to an aromatic ring is 1. The number of unbranched alkanes of at least 4 members (excludes halogenated alkanes) is 12. The van der Waals surface area contributed by atoms with Crippen LogP contribution in [0.2, 0.25) is 0 Å². The number of aromatic nitrogens is 4. The molecule has 1 aliphatic rings. The average Bonchev–Trinajstić information content (AvgIpc) is 3.78. The highest BCUT2D eigenvalue weighted by molar-refractivity contribution is 8.13. The molecular formula is C38H68N7O17P3S. The van der Waals surface area contributed by atoms with Crippen molar-refractivity contribution in [2.45, 2.75) is 154 Å². The van der Waals surface area contributed by atoms with Gasteiger partial charge in [0.05, 0.1) is 19.5 Å². The molecule has 0 aliphatic carbocycles. The summed E-state index contributed by atoms with van der Waals surface area (Å²) in [5, 5.41) is 26.9. The molecule has 0 radical (unpaired) electrons. The zero-order valence-corrected chi connectivity index (χ0v) is 41.4. The van der Waals surface area contributed by atoms with Crippen molar-refractivity contribution < 1.29 is 80.5 Å². The second-order valence-electron chi connectivity index (χ2n) is 16.8. The van der Waals surface area contributed by atoms with Gasteiger partial charge in [-0.05, 0) is 13.3 Å². The Morgan fingerprint density at radius 2 is 1.48 bits per heavy atom. The van der Waals surface area contributed by atoms with Gasteiger partial charge in [-0.2, -0.15) is 4.31 Å². The summed E-state index contributed by atoms with van der Waals surface area (Å²) in [6.07, 6.45) is 10.9. The van der Waals surface area contributed by atoms with Crippen LogP contribution in [0.5, 0.6) is 0 Å². The Morgan fingerprint density at radius 1 is 0.894 bits per heavy atom. The fraction of sp³-hybridized carbons (Fsp3) is 0.789. The summed E-state index contributed by atoms with van der Waals surface area (Å²) in [6, 6.07) is 0. The maximum Gasteiger partial charge on any atom is 0.481 e. The number of carbonyl (C=O) groups excluding carboxylic acids is 3. The topological polar surface area (TPSA) is 364 Å². The van der Waals surface area contributed by atoms with Crippen LogP contribution in [0, 0.1) is 5.41 Å². The molecule has 7 atom stereocenters. The van der Waals surface area contributed by atoms with Gasteiger partial charge in [0.25, 0.3) is 0 Å². The van der Waals surface area contributed by atoms with E-state index in [1.54, 1.807) is 0 Å². The molecule has 3 heterocycles. The van der Waals surface area contributed by atoms with E-state index in [-0.39, 0.29) is 41.6 Å². The molecule has 1 saturated heterocycles. The van der Waals surface area contributed by atoms with Crippen LogP contribution in [0.25, 0.3) is 11.2 Å². The fourth-order valence-corrected chi connectivity index (χ4v) is 10.5. The number of ether oxygens (including phenoxy) is 1. The predicted molar refractivity (Wildman–Crippen MR) is 242 cm³/mol. The Balaban J connectivity index is 1.35. The van der Waals surface area contributed by atoms with E-state index < -0.39 is 84.1 Å². The van der Waals surface area contributed by atoms with E-state index in [2.05, 4.69) is 36.8 Å². The second kappa shape index (κ2) is 27.1. The summed E-state index contributed by atoms with van der Waals surface area (Å²) in [7, 11) is -16.5. The predicted octanol–water partition coefficient (Wildman–Crippen LogP) is 4.32. The Morgan fingerprint density at radius 3 is 2.09 bits per heavy atom. The van der Waals surface area contributed by atoms with Crippen molar-refractivity contribution in [3.05, 3.63) is 12.7 Å². The van der Waals surface area contributed by atoms with Gasteiger partial charge in [-0.3, -0.25) is 32.5 Å². The van der Waals surface area contributed by atoms with Crippen LogP contribution < -0.4 is 16.4 Å². The molecular weight excluding hydrogens is 951 g/mol. The number of aliphatic hydroxyl groups is 2. The Kier molecular flexibility index (Phi) is 23.8. The highest BCUT2D eigenvalue weighted by atomic mass is 32.2. The number of hydrogen-bond acceptors (Lipinski definition) is 18. The number of amides is 2. The van der Waals surface area contributed by atoms with Gasteiger partial charge in [-0.1, -0.05) is 110 Å². The number of aliphatic hydroxyl groups excluding tert-OH is 2. The summed E-state index contributed by atoms with van der Waals surface area (Å²) >= 11 is 1.15. The molecule has 2 amide bonds. The molecule has 3 rings (SSSR count). The van der Waals surface area contributed by atoms with Crippen molar-refractivity contribution >= 4 is 69.1 Å². The Bertz CT molecular complexity index is 2010. The molecule has 1 aliphatic heterocycles. The number of hydrogen-bond donors (Lipinski definition) is 9. The van der Waals surface area contributed by atoms with E-state index in [0.29, 0.717) is 12.2 Å². The lowest BCUT2D eigenvalue weighted by Gasteiger charge is -2.30. The SMILES string of the molecule is CCCCCCCCCCCCCCCC(=O)SCCNC(=O)CCNC(=O)C(O)C(C)(C)COP(=O)(O)OP(=O)(O)OCC1OC(C)(n2cnc3c(N)ncnc32)C(O)C1OP(=O)(O)O. The number of rotatable bonds is 33. The molecule has 10 N–H and O–H groups in total. The molecule has 378 valence electrons. The van der Waals surface area contributed by atoms with Gasteiger partial charge < -0.3 is 50.9 Å². The molecule has 28 heteroatoms. The highest BCUT2D eigenvalue weighted by Gasteiger charge is 2.57. The van der Waals surface area contributed by atoms with Crippen molar-refractivity contribution in [2.75, 3.05) is 37.8 Å². The number of carbonyl (C=O) groups is 3. The third-order valence-electron chi connectivity index (χ3n) is 10.7. The van der Waals surface area contributed by atoms with E-state index in [0.717, 1.165) is 48.2 Å². The van der Waals surface area contributed by atoms with E-state index in [9.17, 15) is 57.9 Å². The first-order chi connectivity index (χ1) is 30.9. The molecule has 2 aromatic rings. The minimum atomic E-state index is -5.59. The summed E-state index contributed by atoms with van der Waals surface area (Å²) in [5.74, 6) is -1.03. The standard InChI is InChI=1S/C38H68N7O17P3S/c1-5-6-7-8-9-10-11-12-13-14-15-16-17-18-29(47)66-22-21-40-28(46)19-20-41-36(50)33(49)37(2,3)24-59-65(56,57)62-64(54,55)58-23-27-31(61-63(51,52)53)32(48)38(4,60-27)45-26-44-30-34(39)42-25-43-35(30)45/h25-27,31-33,48-49H,5-24H2,1-4H3,(H,40,46)(H,41,50)(H,54,55)(H,56,57)(H2,39,42,43)(H2,51,52,53). The van der Waals surface area contributed by atoms with Crippen molar-refractivity contribution in [3.63, 3.8) is 0 Å². The van der Waals surface area contributed by atoms with Gasteiger partial charge in [0.15, 0.2) is 22.3 Å². The Hall–Kier alpha value is -2.44. The lowest BCUT2D eigenvalue weighted by molar-refractivity contribution is -0.137. The highest BCUT2D eigenvalue weighted by Crippen LogP contribution is 2.61. The largest absolute Gasteiger partial charge is 0.481 e. The molecule has 2 aromatic heterocycles. The monoisotopic (exact) mass is 1020 g/mol. The molecule has 0 spiro atoms. The minimum Gasteiger partial charge on any atom is -0.385 e. The zero-order valence-electron chi connectivity index (χ0n) is 37.9. The van der Waals surface area contributed by atoms with E-state index in [1.807, 2.05) is 0 Å². The van der Waals surface area contributed by atoms with Crippen molar-refractivity contribution in [1.82, 2.24) is 30.2 Å². The number of anilines is 1. The average molecular weight is 1020 g/mol. The Labute approximate surface area is 388 Å². The maximum atomic E-state index is 12.8. The summed E-state index contributed by atoms with van der Waals surface area (Å²) in [4.78, 5) is 88.7. The first-order valence-corrected chi connectivity index (χ1v) is 27.5. The lowest BCUT2D eigenvalue weighted by atomic mass is 9.87. The van der Waals surface area contributed by atoms with E-state index in [1.165, 1.54) is 85.0 Å². The summed E-state index contributed by atoms with van der Waals surface area (Å²) in [6.45, 7) is 4.04. The van der Waals surface area contributed by atoms with Gasteiger partial charge in [0.1, 0.15) is 36.3 Å². The maximum absolute atomic E-state index is 12.8. The van der Waals surface area contributed by atoms with Gasteiger partial charge in [-0.25, -0.2) is 28.6 Å². The molecule has 7 unspecified atom stereocenters. The van der Waals surface area contributed by atoms with Gasteiger partial charge in [-0.15, -0.1) is 0 Å². The first-order valence-electron chi connectivity index (χ1n) is 22.0. The number of nitrogens with one attached hydrogen (secondary N) is 2. The molecule has 0 saturated carbocycles. The lowest BCUT2D eigenvalue weighted by Crippen LogP contribution is -2.46. The number of phosphoric acid groups is 3. The smallest absolute Gasteiger partial charge is 0.385 e. The van der Waals surface area contributed by atoms with Crippen molar-refractivity contribution in [2.24, 2.45) is 5.41 Å². The third kappa shape index (κ3) is 19.5. The van der Waals surface area contributed by atoms with Crippen LogP contribution in [0.4, 0.5) is 5.82 Å². The molecule has 0 bridgehead atoms. The molecule has 0 aromatic carbocycles. The van der Waals surface area contributed by atoms with Crippen molar-refractivity contribution in [1.29, 1.82) is 0 Å². The second-order valence-corrected chi connectivity index (χ2v) is 22.2. The van der Waals surface area contributed by atoms with Crippen molar-refractivity contribution in [3.8, 4) is 0 Å². The van der Waals surface area contributed by atoms with Crippen LogP contribution in [-0.4, -0.2) is 123 Å². The van der Waals surface area contributed by atoms with Crippen LogP contribution >= 0.6 is 35.2 Å². The van der Waals surface area contributed by atoms with E-state index in [4.69, 9.17) is 24.0 Å². The molecule has 1 fully saturated rings. The number of thioether (sulfide) groups is 1. The third-order valence-corrected chi connectivity index (χ3v) is 14.8. The summed E-state index contributed by atoms with van der Waals surface area (Å²) in [5.41, 5.74) is 2.33. The number of nitrogens with zero attached hydrogens (tertiary/aromatic N) is 4. The van der Waals surface area contributed by atoms with E-state index >= 15 is 0 Å². The van der Waals surface area contributed by atoms with Crippen LogP contribution in [-0.2, 0) is 56.4 Å². The molecule has 24 nitrogen and oxygen atoms in total. The number of phosphoric ester groups is 3. The van der Waals surface area contributed by atoms with Crippen LogP contribution in [0.15, 0.2) is 12.7 Å². The zero-order chi connectivity index (χ0) is 49.2. The number of imidazole rings is 1. The van der Waals surface area contributed by atoms with Gasteiger partial charge in [0, 0.05) is 37.1 Å². The minimum absolute atomic E-state index is 0.0222. The fourth-order valence-electron chi connectivity index (χ4n) is 6.97.